The van der Waals surface area contributed by atoms with Crippen LogP contribution in [0, 0.1) is 5.82 Å². The second-order valence-corrected chi connectivity index (χ2v) is 6.51. The molecule has 0 amide bonds. The van der Waals surface area contributed by atoms with Crippen molar-refractivity contribution in [2.45, 2.75) is 38.1 Å². The van der Waals surface area contributed by atoms with Crippen molar-refractivity contribution < 1.29 is 22.7 Å². The first-order valence-electron chi connectivity index (χ1n) is 8.40. The Morgan fingerprint density at radius 1 is 1.15 bits per heavy atom. The fourth-order valence-corrected chi connectivity index (χ4v) is 3.57. The van der Waals surface area contributed by atoms with Crippen LogP contribution in [0.4, 0.5) is 23.2 Å². The van der Waals surface area contributed by atoms with E-state index in [2.05, 4.69) is 5.10 Å². The number of anilines is 1. The number of alkyl halides is 3. The zero-order chi connectivity index (χ0) is 20.0. The van der Waals surface area contributed by atoms with Crippen LogP contribution in [0.25, 0.3) is 10.9 Å². The zero-order valence-corrected chi connectivity index (χ0v) is 14.8. The van der Waals surface area contributed by atoms with E-state index in [0.29, 0.717) is 22.9 Å². The second kappa shape index (κ2) is 6.53. The van der Waals surface area contributed by atoms with Gasteiger partial charge in [-0.1, -0.05) is 19.1 Å². The van der Waals surface area contributed by atoms with Crippen LogP contribution in [-0.2, 0) is 11.7 Å². The lowest BCUT2D eigenvalue weighted by molar-refractivity contribution is -0.137. The Kier molecular flexibility index (Phi) is 4.63. The van der Waals surface area contributed by atoms with Gasteiger partial charge in [0.05, 0.1) is 23.4 Å². The van der Waals surface area contributed by atoms with Gasteiger partial charge in [-0.25, -0.2) is 4.39 Å². The number of aliphatic hydroxyl groups excluding tert-OH is 1. The molecule has 1 heterocycles. The maximum Gasteiger partial charge on any atom is 0.416 e. The molecule has 0 spiro atoms. The number of aromatic nitrogens is 2. The Bertz CT molecular complexity index is 963. The van der Waals surface area contributed by atoms with Gasteiger partial charge in [-0.2, -0.15) is 18.3 Å². The average Bonchev–Trinajstić information content (AvgIpc) is 3.00. The largest absolute Gasteiger partial charge is 0.416 e. The van der Waals surface area contributed by atoms with Gasteiger partial charge < -0.3 is 10.8 Å². The third-order valence-electron chi connectivity index (χ3n) is 5.01. The Morgan fingerprint density at radius 3 is 2.26 bits per heavy atom. The Morgan fingerprint density at radius 2 is 1.74 bits per heavy atom. The Hall–Kier alpha value is -2.61. The molecule has 2 atom stereocenters. The van der Waals surface area contributed by atoms with Gasteiger partial charge in [0, 0.05) is 11.1 Å². The molecule has 3 N–H and O–H groups in total. The molecular weight excluding hydrogens is 362 g/mol. The summed E-state index contributed by atoms with van der Waals surface area (Å²) < 4.78 is 54.1. The third kappa shape index (κ3) is 3.03. The Labute approximate surface area is 153 Å². The SMILES string of the molecule is CCC(c1ccc(C(F)(F)F)cc1)(C(C)O)n1ncc2c(N)cc(F)cc21. The standard InChI is InChI=1S/C19H19F4N3O/c1-3-18(11(2)27,12-4-6-13(7-5-12)19(21,22)23)26-17-9-14(20)8-16(24)15(17)10-25-26/h4-11,27H,3,24H2,1-2H3. The normalized spacial score (nSPS) is 15.7. The van der Waals surface area contributed by atoms with Crippen LogP contribution in [0.15, 0.2) is 42.6 Å². The highest BCUT2D eigenvalue weighted by Gasteiger charge is 2.40. The minimum Gasteiger partial charge on any atom is -0.398 e. The number of rotatable bonds is 4. The summed E-state index contributed by atoms with van der Waals surface area (Å²) >= 11 is 0. The summed E-state index contributed by atoms with van der Waals surface area (Å²) in [5.74, 6) is -0.565. The minimum atomic E-state index is -4.46. The monoisotopic (exact) mass is 381 g/mol. The number of nitrogen functional groups attached to an aromatic ring is 1. The fourth-order valence-electron chi connectivity index (χ4n) is 3.57. The van der Waals surface area contributed by atoms with Gasteiger partial charge in [-0.3, -0.25) is 4.68 Å². The molecule has 2 aromatic carbocycles. The lowest BCUT2D eigenvalue weighted by Crippen LogP contribution is -2.45. The van der Waals surface area contributed by atoms with Gasteiger partial charge in [-0.05, 0) is 43.2 Å². The highest BCUT2D eigenvalue weighted by atomic mass is 19.4. The number of aliphatic hydroxyl groups is 1. The van der Waals surface area contributed by atoms with Crippen LogP contribution in [-0.4, -0.2) is 21.0 Å². The zero-order valence-electron chi connectivity index (χ0n) is 14.8. The van der Waals surface area contributed by atoms with Crippen molar-refractivity contribution in [3.63, 3.8) is 0 Å². The molecule has 3 rings (SSSR count). The molecule has 0 saturated heterocycles. The lowest BCUT2D eigenvalue weighted by Gasteiger charge is -2.37. The van der Waals surface area contributed by atoms with E-state index in [1.54, 1.807) is 6.92 Å². The van der Waals surface area contributed by atoms with E-state index < -0.39 is 29.2 Å². The number of benzene rings is 2. The molecule has 0 aliphatic heterocycles. The van der Waals surface area contributed by atoms with E-state index >= 15 is 0 Å². The lowest BCUT2D eigenvalue weighted by atomic mass is 9.82. The first-order chi connectivity index (χ1) is 12.6. The topological polar surface area (TPSA) is 64.1 Å². The van der Waals surface area contributed by atoms with Crippen molar-refractivity contribution in [2.24, 2.45) is 0 Å². The molecule has 3 aromatic rings. The van der Waals surface area contributed by atoms with Crippen LogP contribution in [0.2, 0.25) is 0 Å². The highest BCUT2D eigenvalue weighted by molar-refractivity contribution is 5.90. The predicted octanol–water partition coefficient (Wildman–Crippen LogP) is 4.31. The van der Waals surface area contributed by atoms with E-state index in [0.717, 1.165) is 12.1 Å². The summed E-state index contributed by atoms with van der Waals surface area (Å²) in [4.78, 5) is 0. The van der Waals surface area contributed by atoms with Crippen LogP contribution in [0.1, 0.15) is 31.4 Å². The first-order valence-corrected chi connectivity index (χ1v) is 8.40. The quantitative estimate of drug-likeness (QED) is 0.523. The van der Waals surface area contributed by atoms with E-state index in [-0.39, 0.29) is 5.69 Å². The van der Waals surface area contributed by atoms with Crippen LogP contribution >= 0.6 is 0 Å². The van der Waals surface area contributed by atoms with Crippen LogP contribution in [0.3, 0.4) is 0 Å². The molecule has 0 saturated carbocycles. The molecule has 144 valence electrons. The summed E-state index contributed by atoms with van der Waals surface area (Å²) in [7, 11) is 0. The van der Waals surface area contributed by atoms with Gasteiger partial charge in [0.1, 0.15) is 11.4 Å². The molecule has 8 heteroatoms. The van der Waals surface area contributed by atoms with E-state index in [9.17, 15) is 22.7 Å². The van der Waals surface area contributed by atoms with Crippen molar-refractivity contribution in [3.8, 4) is 0 Å². The smallest absolute Gasteiger partial charge is 0.398 e. The van der Waals surface area contributed by atoms with E-state index in [4.69, 9.17) is 5.73 Å². The fraction of sp³-hybridized carbons (Fsp3) is 0.316. The number of hydrogen-bond donors (Lipinski definition) is 2. The molecule has 0 fully saturated rings. The third-order valence-corrected chi connectivity index (χ3v) is 5.01. The van der Waals surface area contributed by atoms with Gasteiger partial charge in [0.2, 0.25) is 0 Å². The van der Waals surface area contributed by atoms with Gasteiger partial charge in [0.15, 0.2) is 0 Å². The predicted molar refractivity (Wildman–Crippen MR) is 94.6 cm³/mol. The molecule has 0 aliphatic rings. The number of nitrogens with two attached hydrogens (primary N) is 1. The average molecular weight is 381 g/mol. The summed E-state index contributed by atoms with van der Waals surface area (Å²) in [5.41, 5.74) is 4.86. The minimum absolute atomic E-state index is 0.194. The molecule has 27 heavy (non-hydrogen) atoms. The van der Waals surface area contributed by atoms with Gasteiger partial charge >= 0.3 is 6.18 Å². The van der Waals surface area contributed by atoms with E-state index in [1.165, 1.54) is 42.1 Å². The molecule has 0 bridgehead atoms. The molecule has 4 nitrogen and oxygen atoms in total. The molecule has 0 radical (unpaired) electrons. The maximum absolute atomic E-state index is 13.9. The number of fused-ring (bicyclic) bond motifs is 1. The number of halogens is 4. The first kappa shape index (κ1) is 19.2. The Balaban J connectivity index is 2.26. The summed E-state index contributed by atoms with van der Waals surface area (Å²) in [5, 5.41) is 15.4. The molecule has 2 unspecified atom stereocenters. The van der Waals surface area contributed by atoms with Crippen molar-refractivity contribution in [1.29, 1.82) is 0 Å². The van der Waals surface area contributed by atoms with Crippen molar-refractivity contribution in [2.75, 3.05) is 5.73 Å². The maximum atomic E-state index is 13.9. The number of nitrogens with zero attached hydrogens (tertiary/aromatic N) is 2. The summed E-state index contributed by atoms with van der Waals surface area (Å²) in [6, 6.07) is 6.97. The summed E-state index contributed by atoms with van der Waals surface area (Å²) in [6.07, 6.45) is -3.72. The molecule has 1 aromatic heterocycles. The number of hydrogen-bond acceptors (Lipinski definition) is 3. The molecule has 0 aliphatic carbocycles. The van der Waals surface area contributed by atoms with Gasteiger partial charge in [0.25, 0.3) is 0 Å². The summed E-state index contributed by atoms with van der Waals surface area (Å²) in [6.45, 7) is 3.30. The molecular formula is C19H19F4N3O. The van der Waals surface area contributed by atoms with Crippen molar-refractivity contribution in [3.05, 3.63) is 59.5 Å². The van der Waals surface area contributed by atoms with Crippen LogP contribution < -0.4 is 5.73 Å². The van der Waals surface area contributed by atoms with Crippen molar-refractivity contribution in [1.82, 2.24) is 9.78 Å². The highest BCUT2D eigenvalue weighted by Crippen LogP contribution is 2.38. The van der Waals surface area contributed by atoms with Crippen LogP contribution in [0.5, 0.6) is 0 Å². The van der Waals surface area contributed by atoms with Gasteiger partial charge in [-0.15, -0.1) is 0 Å². The van der Waals surface area contributed by atoms with Crippen molar-refractivity contribution >= 4 is 16.6 Å². The second-order valence-electron chi connectivity index (χ2n) is 6.51. The van der Waals surface area contributed by atoms with E-state index in [1.807, 2.05) is 0 Å².